The number of hydrogen-bond acceptors (Lipinski definition) is 4. The zero-order valence-corrected chi connectivity index (χ0v) is 14.2. The molecule has 2 rings (SSSR count). The lowest BCUT2D eigenvalue weighted by molar-refractivity contribution is 0.488. The van der Waals surface area contributed by atoms with E-state index in [1.54, 1.807) is 0 Å². The average Bonchev–Trinajstić information content (AvgIpc) is 2.95. The second kappa shape index (κ2) is 7.10. The predicted octanol–water partition coefficient (Wildman–Crippen LogP) is 3.79. The number of aromatic nitrogens is 2. The number of nitrogens with zero attached hydrogens (tertiary/aromatic N) is 3. The largest absolute Gasteiger partial charge is 0.370 e. The van der Waals surface area contributed by atoms with Crippen LogP contribution in [0.15, 0.2) is 0 Å². The minimum Gasteiger partial charge on any atom is -0.370 e. The van der Waals surface area contributed by atoms with Crippen LogP contribution in [0.1, 0.15) is 58.3 Å². The summed E-state index contributed by atoms with van der Waals surface area (Å²) in [6, 6.07) is 0.613. The molecule has 0 bridgehead atoms. The van der Waals surface area contributed by atoms with Gasteiger partial charge in [0.05, 0.1) is 0 Å². The highest BCUT2D eigenvalue weighted by molar-refractivity contribution is 5.59. The Bertz CT molecular complexity index is 470. The topological polar surface area (TPSA) is 41.1 Å². The van der Waals surface area contributed by atoms with Gasteiger partial charge < -0.3 is 10.2 Å². The van der Waals surface area contributed by atoms with E-state index in [4.69, 9.17) is 4.98 Å². The van der Waals surface area contributed by atoms with Crippen LogP contribution in [-0.4, -0.2) is 29.1 Å². The number of hydrogen-bond donors (Lipinski definition) is 1. The monoisotopic (exact) mass is 290 g/mol. The van der Waals surface area contributed by atoms with Crippen molar-refractivity contribution in [2.75, 3.05) is 23.3 Å². The van der Waals surface area contributed by atoms with Crippen molar-refractivity contribution in [2.45, 2.75) is 66.3 Å². The van der Waals surface area contributed by atoms with Gasteiger partial charge in [0.2, 0.25) is 0 Å². The lowest BCUT2D eigenvalue weighted by Crippen LogP contribution is -2.35. The molecule has 1 aliphatic rings. The summed E-state index contributed by atoms with van der Waals surface area (Å²) in [4.78, 5) is 12.0. The van der Waals surface area contributed by atoms with Gasteiger partial charge in [0.25, 0.3) is 0 Å². The van der Waals surface area contributed by atoms with Crippen molar-refractivity contribution in [3.05, 3.63) is 11.4 Å². The van der Waals surface area contributed by atoms with Gasteiger partial charge in [0.15, 0.2) is 0 Å². The molecule has 4 heteroatoms. The van der Waals surface area contributed by atoms with E-state index in [1.165, 1.54) is 18.4 Å². The highest BCUT2D eigenvalue weighted by Crippen LogP contribution is 2.32. The summed E-state index contributed by atoms with van der Waals surface area (Å²) in [6.07, 6.45) is 4.54. The molecule has 1 aliphatic heterocycles. The maximum Gasteiger partial charge on any atom is 0.137 e. The quantitative estimate of drug-likeness (QED) is 0.865. The molecule has 1 N–H and O–H groups in total. The molecule has 118 valence electrons. The molecule has 1 fully saturated rings. The predicted molar refractivity (Wildman–Crippen MR) is 90.1 cm³/mol. The first-order valence-corrected chi connectivity index (χ1v) is 8.46. The zero-order valence-electron chi connectivity index (χ0n) is 14.2. The molecular formula is C17H30N4. The van der Waals surface area contributed by atoms with Gasteiger partial charge in [0.1, 0.15) is 17.5 Å². The molecule has 0 radical (unpaired) electrons. The fraction of sp³-hybridized carbons (Fsp3) is 0.765. The highest BCUT2D eigenvalue weighted by atomic mass is 15.2. The van der Waals surface area contributed by atoms with Crippen LogP contribution in [0.3, 0.4) is 0 Å². The Hall–Kier alpha value is -1.32. The van der Waals surface area contributed by atoms with E-state index in [0.29, 0.717) is 12.0 Å². The third-order valence-corrected chi connectivity index (χ3v) is 4.37. The Balaban J connectivity index is 2.37. The molecule has 2 heterocycles. The van der Waals surface area contributed by atoms with Crippen molar-refractivity contribution >= 4 is 11.6 Å². The van der Waals surface area contributed by atoms with E-state index in [1.807, 2.05) is 0 Å². The van der Waals surface area contributed by atoms with Crippen LogP contribution in [0.5, 0.6) is 0 Å². The summed E-state index contributed by atoms with van der Waals surface area (Å²) in [5, 5.41) is 3.47. The van der Waals surface area contributed by atoms with Gasteiger partial charge in [-0.05, 0) is 32.1 Å². The Morgan fingerprint density at radius 3 is 2.67 bits per heavy atom. The van der Waals surface area contributed by atoms with Gasteiger partial charge in [0, 0.05) is 31.1 Å². The molecule has 21 heavy (non-hydrogen) atoms. The molecule has 0 aromatic carbocycles. The Morgan fingerprint density at radius 1 is 1.29 bits per heavy atom. The fourth-order valence-corrected chi connectivity index (χ4v) is 3.15. The number of aryl methyl sites for hydroxylation is 1. The minimum absolute atomic E-state index is 0.613. The second-order valence-electron chi connectivity index (χ2n) is 6.36. The fourth-order valence-electron chi connectivity index (χ4n) is 3.15. The Labute approximate surface area is 129 Å². The molecule has 0 spiro atoms. The molecular weight excluding hydrogens is 260 g/mol. The molecule has 0 amide bonds. The smallest absolute Gasteiger partial charge is 0.137 e. The van der Waals surface area contributed by atoms with Crippen LogP contribution in [-0.2, 0) is 6.42 Å². The zero-order chi connectivity index (χ0) is 15.4. The van der Waals surface area contributed by atoms with Crippen LogP contribution in [0.4, 0.5) is 11.6 Å². The molecule has 1 aromatic rings. The molecule has 1 unspecified atom stereocenters. The maximum absolute atomic E-state index is 4.85. The van der Waals surface area contributed by atoms with Crippen LogP contribution in [0.2, 0.25) is 0 Å². The standard InChI is InChI=1S/C17H30N4/c1-6-10-18-16-13(5)17(20-15(7-2)19-16)21-11-8-9-14(21)12(3)4/h12,14H,6-11H2,1-5H3,(H,18,19,20). The van der Waals surface area contributed by atoms with Crippen molar-refractivity contribution in [1.29, 1.82) is 0 Å². The van der Waals surface area contributed by atoms with E-state index in [2.05, 4.69) is 49.8 Å². The Kier molecular flexibility index (Phi) is 5.43. The lowest BCUT2D eigenvalue weighted by Gasteiger charge is -2.30. The summed E-state index contributed by atoms with van der Waals surface area (Å²) in [5.74, 6) is 3.78. The lowest BCUT2D eigenvalue weighted by atomic mass is 10.0. The number of rotatable bonds is 6. The summed E-state index contributed by atoms with van der Waals surface area (Å²) >= 11 is 0. The van der Waals surface area contributed by atoms with E-state index in [9.17, 15) is 0 Å². The van der Waals surface area contributed by atoms with Crippen molar-refractivity contribution < 1.29 is 0 Å². The Morgan fingerprint density at radius 2 is 2.05 bits per heavy atom. The molecule has 1 aromatic heterocycles. The maximum atomic E-state index is 4.85. The SMILES string of the molecule is CCCNc1nc(CC)nc(N2CCCC2C(C)C)c1C. The average molecular weight is 290 g/mol. The second-order valence-corrected chi connectivity index (χ2v) is 6.36. The first-order chi connectivity index (χ1) is 10.1. The van der Waals surface area contributed by atoms with Crippen molar-refractivity contribution in [1.82, 2.24) is 9.97 Å². The summed E-state index contributed by atoms with van der Waals surface area (Å²) in [6.45, 7) is 13.2. The molecule has 0 aliphatic carbocycles. The molecule has 0 saturated carbocycles. The first kappa shape index (κ1) is 16.1. The molecule has 4 nitrogen and oxygen atoms in total. The van der Waals surface area contributed by atoms with E-state index < -0.39 is 0 Å². The van der Waals surface area contributed by atoms with E-state index >= 15 is 0 Å². The van der Waals surface area contributed by atoms with E-state index in [0.717, 1.165) is 43.4 Å². The van der Waals surface area contributed by atoms with Crippen molar-refractivity contribution in [3.8, 4) is 0 Å². The van der Waals surface area contributed by atoms with Crippen molar-refractivity contribution in [3.63, 3.8) is 0 Å². The van der Waals surface area contributed by atoms with Gasteiger partial charge in [-0.25, -0.2) is 9.97 Å². The summed E-state index contributed by atoms with van der Waals surface area (Å²) < 4.78 is 0. The van der Waals surface area contributed by atoms with Crippen LogP contribution >= 0.6 is 0 Å². The van der Waals surface area contributed by atoms with Gasteiger partial charge >= 0.3 is 0 Å². The highest BCUT2D eigenvalue weighted by Gasteiger charge is 2.30. The van der Waals surface area contributed by atoms with Crippen LogP contribution in [0.25, 0.3) is 0 Å². The van der Waals surface area contributed by atoms with Gasteiger partial charge in [-0.2, -0.15) is 0 Å². The van der Waals surface area contributed by atoms with E-state index in [-0.39, 0.29) is 0 Å². The first-order valence-electron chi connectivity index (χ1n) is 8.46. The normalized spacial score (nSPS) is 18.6. The summed E-state index contributed by atoms with van der Waals surface area (Å²) in [7, 11) is 0. The molecule has 1 atom stereocenters. The minimum atomic E-state index is 0.613. The van der Waals surface area contributed by atoms with Crippen LogP contribution < -0.4 is 10.2 Å². The van der Waals surface area contributed by atoms with Crippen molar-refractivity contribution in [2.24, 2.45) is 5.92 Å². The number of anilines is 2. The third-order valence-electron chi connectivity index (χ3n) is 4.37. The van der Waals surface area contributed by atoms with Gasteiger partial charge in [-0.15, -0.1) is 0 Å². The van der Waals surface area contributed by atoms with Gasteiger partial charge in [-0.3, -0.25) is 0 Å². The molecule has 1 saturated heterocycles. The third kappa shape index (κ3) is 3.47. The van der Waals surface area contributed by atoms with Gasteiger partial charge in [-0.1, -0.05) is 27.7 Å². The number of nitrogens with one attached hydrogen (secondary N) is 1. The summed E-state index contributed by atoms with van der Waals surface area (Å²) in [5.41, 5.74) is 1.20. The van der Waals surface area contributed by atoms with Crippen LogP contribution in [0, 0.1) is 12.8 Å².